The zero-order valence-electron chi connectivity index (χ0n) is 7.99. The highest BCUT2D eigenvalue weighted by molar-refractivity contribution is 5.72. The molecule has 0 aliphatic rings. The maximum absolute atomic E-state index is 10.7. The molecule has 0 amide bonds. The molecule has 0 aromatic heterocycles. The van der Waals surface area contributed by atoms with Gasteiger partial charge in [0.25, 0.3) is 0 Å². The Balaban J connectivity index is 3.63. The van der Waals surface area contributed by atoms with E-state index >= 15 is 0 Å². The lowest BCUT2D eigenvalue weighted by atomic mass is 10.4. The highest BCUT2D eigenvalue weighted by atomic mass is 17.2. The van der Waals surface area contributed by atoms with Crippen molar-refractivity contribution in [1.82, 2.24) is 0 Å². The third-order valence-corrected chi connectivity index (χ3v) is 1.22. The number of nitrogens with zero attached hydrogens (tertiary/aromatic N) is 2. The van der Waals surface area contributed by atoms with Gasteiger partial charge in [0.2, 0.25) is 13.1 Å². The van der Waals surface area contributed by atoms with Gasteiger partial charge in [-0.1, -0.05) is 0 Å². The molecule has 10 nitrogen and oxygen atoms in total. The van der Waals surface area contributed by atoms with Crippen molar-refractivity contribution in [2.75, 3.05) is 13.1 Å². The minimum Gasteiger partial charge on any atom is -0.265 e. The molecule has 0 aliphatic carbocycles. The average Bonchev–Trinajstić information content (AvgIpc) is 2.20. The molecule has 0 bridgehead atoms. The molecular weight excluding hydrogens is 228 g/mol. The van der Waals surface area contributed by atoms with Gasteiger partial charge in [-0.15, -0.1) is 0 Å². The van der Waals surface area contributed by atoms with E-state index in [-0.39, 0.29) is 0 Å². The monoisotopic (exact) mass is 236 g/mol. The molecule has 0 aliphatic heterocycles. The lowest BCUT2D eigenvalue weighted by Crippen LogP contribution is -2.16. The van der Waals surface area contributed by atoms with Gasteiger partial charge in [0.15, 0.2) is 0 Å². The molecule has 0 N–H and O–H groups in total. The number of hydrogen-bond donors (Lipinski definition) is 0. The summed E-state index contributed by atoms with van der Waals surface area (Å²) in [5, 5.41) is 19.7. The van der Waals surface area contributed by atoms with E-state index in [0.29, 0.717) is 0 Å². The largest absolute Gasteiger partial charge is 0.362 e. The van der Waals surface area contributed by atoms with Crippen LogP contribution >= 0.6 is 0 Å². The van der Waals surface area contributed by atoms with Gasteiger partial charge in [0.05, 0.1) is 0 Å². The van der Waals surface area contributed by atoms with Crippen LogP contribution < -0.4 is 0 Å². The zero-order chi connectivity index (χ0) is 12.6. The van der Waals surface area contributed by atoms with Gasteiger partial charge >= 0.3 is 11.9 Å². The molecule has 0 spiro atoms. The van der Waals surface area contributed by atoms with Crippen molar-refractivity contribution >= 4 is 11.9 Å². The Bertz CT molecular complexity index is 271. The summed E-state index contributed by atoms with van der Waals surface area (Å²) in [4.78, 5) is 47.2. The van der Waals surface area contributed by atoms with Crippen molar-refractivity contribution in [1.29, 1.82) is 0 Å². The Labute approximate surface area is 88.3 Å². The summed E-state index contributed by atoms with van der Waals surface area (Å²) in [6, 6.07) is 0. The Morgan fingerprint density at radius 1 is 0.875 bits per heavy atom. The lowest BCUT2D eigenvalue weighted by Gasteiger charge is -1.99. The molecule has 0 heterocycles. The van der Waals surface area contributed by atoms with Gasteiger partial charge in [0.1, 0.15) is 12.8 Å². The fraction of sp³-hybridized carbons (Fsp3) is 0.667. The predicted molar refractivity (Wildman–Crippen MR) is 45.1 cm³/mol. The van der Waals surface area contributed by atoms with Crippen LogP contribution in [0.15, 0.2) is 0 Å². The number of rotatable bonds is 6. The first kappa shape index (κ1) is 13.7. The van der Waals surface area contributed by atoms with Gasteiger partial charge in [0, 0.05) is 9.85 Å². The summed E-state index contributed by atoms with van der Waals surface area (Å²) in [6.07, 6.45) is -1.09. The Morgan fingerprint density at radius 3 is 1.44 bits per heavy atom. The van der Waals surface area contributed by atoms with Crippen LogP contribution in [-0.4, -0.2) is 34.9 Å². The van der Waals surface area contributed by atoms with Crippen LogP contribution in [0.5, 0.6) is 0 Å². The van der Waals surface area contributed by atoms with Crippen molar-refractivity contribution < 1.29 is 29.2 Å². The fourth-order valence-corrected chi connectivity index (χ4v) is 0.541. The molecule has 0 atom stereocenters. The maximum atomic E-state index is 10.7. The average molecular weight is 236 g/mol. The normalized spacial score (nSPS) is 9.25. The number of carbonyl (C=O) groups is 2. The van der Waals surface area contributed by atoms with E-state index in [1.807, 2.05) is 0 Å². The molecule has 16 heavy (non-hydrogen) atoms. The molecule has 10 heteroatoms. The first-order valence-electron chi connectivity index (χ1n) is 4.05. The molecule has 0 fully saturated rings. The third-order valence-electron chi connectivity index (χ3n) is 1.22. The summed E-state index contributed by atoms with van der Waals surface area (Å²) < 4.78 is 0. The van der Waals surface area contributed by atoms with Gasteiger partial charge in [-0.2, -0.15) is 0 Å². The minimum absolute atomic E-state index is 0.546. The second-order valence-corrected chi connectivity index (χ2v) is 2.52. The third kappa shape index (κ3) is 8.34. The summed E-state index contributed by atoms with van der Waals surface area (Å²) in [7, 11) is 0. The smallest absolute Gasteiger partial charge is 0.265 e. The summed E-state index contributed by atoms with van der Waals surface area (Å²) in [5.41, 5.74) is 0. The van der Waals surface area contributed by atoms with Crippen LogP contribution in [0.1, 0.15) is 12.8 Å². The van der Waals surface area contributed by atoms with E-state index in [2.05, 4.69) is 9.78 Å². The summed E-state index contributed by atoms with van der Waals surface area (Å²) >= 11 is 0. The van der Waals surface area contributed by atoms with Crippen molar-refractivity contribution in [3.8, 4) is 0 Å². The second kappa shape index (κ2) is 7.09. The van der Waals surface area contributed by atoms with Crippen LogP contribution in [0.4, 0.5) is 0 Å². The number of nitro groups is 2. The standard InChI is InChI=1S/C6H8N2O8/c9-5(1-3-7(11)12)15-16-6(10)2-4-8(13)14/h1-4H2. The SMILES string of the molecule is O=C(CC[N+](=O)[O-])OOC(=O)CC[N+](=O)[O-]. The Hall–Kier alpha value is -2.26. The highest BCUT2D eigenvalue weighted by Gasteiger charge is 2.14. The van der Waals surface area contributed by atoms with Crippen LogP contribution in [0.3, 0.4) is 0 Å². The molecule has 0 saturated carbocycles. The Kier molecular flexibility index (Phi) is 6.09. The van der Waals surface area contributed by atoms with Crippen molar-refractivity contribution in [2.45, 2.75) is 12.8 Å². The molecular formula is C6H8N2O8. The molecule has 0 radical (unpaired) electrons. The number of carbonyl (C=O) groups excluding carboxylic acids is 2. The van der Waals surface area contributed by atoms with Crippen LogP contribution in [0.25, 0.3) is 0 Å². The maximum Gasteiger partial charge on any atom is 0.362 e. The van der Waals surface area contributed by atoms with E-state index in [1.165, 1.54) is 0 Å². The summed E-state index contributed by atoms with van der Waals surface area (Å²) in [5.74, 6) is -2.18. The molecule has 0 aromatic carbocycles. The lowest BCUT2D eigenvalue weighted by molar-refractivity contribution is -0.480. The molecule has 0 aromatic rings. The Morgan fingerprint density at radius 2 is 1.19 bits per heavy atom. The molecule has 0 saturated heterocycles. The van der Waals surface area contributed by atoms with Crippen LogP contribution in [0, 0.1) is 20.2 Å². The van der Waals surface area contributed by atoms with Gasteiger partial charge in [-0.25, -0.2) is 19.4 Å². The first-order chi connectivity index (χ1) is 7.41. The molecule has 0 rings (SSSR count). The fourth-order valence-electron chi connectivity index (χ4n) is 0.541. The van der Waals surface area contributed by atoms with Crippen molar-refractivity contribution in [3.05, 3.63) is 20.2 Å². The van der Waals surface area contributed by atoms with Crippen LogP contribution in [-0.2, 0) is 19.4 Å². The van der Waals surface area contributed by atoms with Gasteiger partial charge in [-0.3, -0.25) is 20.2 Å². The van der Waals surface area contributed by atoms with Gasteiger partial charge in [-0.05, 0) is 0 Å². The topological polar surface area (TPSA) is 139 Å². The van der Waals surface area contributed by atoms with Gasteiger partial charge < -0.3 is 0 Å². The van der Waals surface area contributed by atoms with Crippen molar-refractivity contribution in [3.63, 3.8) is 0 Å². The van der Waals surface area contributed by atoms with Crippen molar-refractivity contribution in [2.24, 2.45) is 0 Å². The van der Waals surface area contributed by atoms with E-state index < -0.39 is 47.7 Å². The zero-order valence-corrected chi connectivity index (χ0v) is 7.99. The van der Waals surface area contributed by atoms with E-state index in [0.717, 1.165) is 0 Å². The van der Waals surface area contributed by atoms with E-state index in [1.54, 1.807) is 0 Å². The summed E-state index contributed by atoms with van der Waals surface area (Å²) in [6.45, 7) is -1.30. The van der Waals surface area contributed by atoms with E-state index in [4.69, 9.17) is 0 Å². The second-order valence-electron chi connectivity index (χ2n) is 2.52. The highest BCUT2D eigenvalue weighted by Crippen LogP contribution is 1.92. The van der Waals surface area contributed by atoms with E-state index in [9.17, 15) is 29.8 Å². The predicted octanol–water partition coefficient (Wildman–Crippen LogP) is -0.679. The number of hydrogen-bond acceptors (Lipinski definition) is 8. The first-order valence-corrected chi connectivity index (χ1v) is 4.05. The van der Waals surface area contributed by atoms with Crippen LogP contribution in [0.2, 0.25) is 0 Å². The molecule has 0 unspecified atom stereocenters. The quantitative estimate of drug-likeness (QED) is 0.335. The minimum atomic E-state index is -1.09. The molecule has 90 valence electrons.